The van der Waals surface area contributed by atoms with E-state index in [4.69, 9.17) is 4.74 Å². The molecule has 0 spiro atoms. The minimum atomic E-state index is -0.597. The average Bonchev–Trinajstić information content (AvgIpc) is 2.83. The summed E-state index contributed by atoms with van der Waals surface area (Å²) in [5.74, 6) is 1.08. The number of methoxy groups -OCH3 is 1. The zero-order valence-corrected chi connectivity index (χ0v) is 11.8. The van der Waals surface area contributed by atoms with Gasteiger partial charge in [-0.1, -0.05) is 12.1 Å². The molecule has 1 aromatic carbocycles. The van der Waals surface area contributed by atoms with Gasteiger partial charge in [0.05, 0.1) is 12.7 Å². The SMILES string of the molecule is COc1ccc([C@@H]2CN3CCC[C@H]3C[C@]2(C)O)cc1. The fourth-order valence-corrected chi connectivity index (χ4v) is 3.72. The van der Waals surface area contributed by atoms with Crippen LogP contribution >= 0.6 is 0 Å². The van der Waals surface area contributed by atoms with Gasteiger partial charge in [0.15, 0.2) is 0 Å². The summed E-state index contributed by atoms with van der Waals surface area (Å²) in [5, 5.41) is 10.8. The van der Waals surface area contributed by atoms with Crippen molar-refractivity contribution in [2.24, 2.45) is 0 Å². The Kier molecular flexibility index (Phi) is 3.27. The molecule has 0 unspecified atom stereocenters. The molecule has 0 radical (unpaired) electrons. The van der Waals surface area contributed by atoms with Crippen LogP contribution < -0.4 is 4.74 Å². The van der Waals surface area contributed by atoms with Gasteiger partial charge in [-0.05, 0) is 50.4 Å². The van der Waals surface area contributed by atoms with Crippen LogP contribution in [0.5, 0.6) is 5.75 Å². The highest BCUT2D eigenvalue weighted by Gasteiger charge is 2.44. The summed E-state index contributed by atoms with van der Waals surface area (Å²) in [7, 11) is 1.68. The number of hydrogen-bond donors (Lipinski definition) is 1. The van der Waals surface area contributed by atoms with Crippen molar-refractivity contribution in [2.75, 3.05) is 20.2 Å². The predicted octanol–water partition coefficient (Wildman–Crippen LogP) is 2.40. The molecule has 2 fully saturated rings. The lowest BCUT2D eigenvalue weighted by atomic mass is 9.75. The maximum absolute atomic E-state index is 10.8. The van der Waals surface area contributed by atoms with Crippen molar-refractivity contribution in [2.45, 2.75) is 43.7 Å². The molecule has 19 heavy (non-hydrogen) atoms. The molecule has 0 bridgehead atoms. The number of benzene rings is 1. The predicted molar refractivity (Wildman–Crippen MR) is 75.6 cm³/mol. The standard InChI is InChI=1S/C16H23NO2/c1-16(18)10-13-4-3-9-17(13)11-15(16)12-5-7-14(19-2)8-6-12/h5-8,13,15,18H,3-4,9-11H2,1-2H3/t13-,15-,16-/m0/s1. The number of piperidine rings is 1. The van der Waals surface area contributed by atoms with Crippen LogP contribution in [0.1, 0.15) is 37.7 Å². The van der Waals surface area contributed by atoms with Gasteiger partial charge in [0.2, 0.25) is 0 Å². The Hall–Kier alpha value is -1.06. The summed E-state index contributed by atoms with van der Waals surface area (Å²) in [4.78, 5) is 2.55. The van der Waals surface area contributed by atoms with E-state index in [1.807, 2.05) is 19.1 Å². The van der Waals surface area contributed by atoms with Crippen molar-refractivity contribution in [3.05, 3.63) is 29.8 Å². The number of fused-ring (bicyclic) bond motifs is 1. The number of ether oxygens (including phenoxy) is 1. The Bertz CT molecular complexity index is 441. The van der Waals surface area contributed by atoms with Crippen molar-refractivity contribution in [3.8, 4) is 5.75 Å². The Morgan fingerprint density at radius 2 is 2.05 bits per heavy atom. The highest BCUT2D eigenvalue weighted by molar-refractivity contribution is 5.32. The molecule has 3 heteroatoms. The van der Waals surface area contributed by atoms with E-state index < -0.39 is 5.60 Å². The number of rotatable bonds is 2. The van der Waals surface area contributed by atoms with Gasteiger partial charge in [-0.3, -0.25) is 4.90 Å². The topological polar surface area (TPSA) is 32.7 Å². The van der Waals surface area contributed by atoms with Gasteiger partial charge < -0.3 is 9.84 Å². The molecule has 2 saturated heterocycles. The average molecular weight is 261 g/mol. The van der Waals surface area contributed by atoms with Crippen molar-refractivity contribution in [1.29, 1.82) is 0 Å². The van der Waals surface area contributed by atoms with Crippen molar-refractivity contribution < 1.29 is 9.84 Å². The molecule has 1 aromatic rings. The van der Waals surface area contributed by atoms with Gasteiger partial charge in [-0.2, -0.15) is 0 Å². The van der Waals surface area contributed by atoms with E-state index in [1.54, 1.807) is 7.11 Å². The van der Waals surface area contributed by atoms with Gasteiger partial charge in [0, 0.05) is 18.5 Å². The van der Waals surface area contributed by atoms with Gasteiger partial charge in [0.25, 0.3) is 0 Å². The molecule has 1 N–H and O–H groups in total. The smallest absolute Gasteiger partial charge is 0.118 e. The van der Waals surface area contributed by atoms with Crippen LogP contribution in [0.25, 0.3) is 0 Å². The molecule has 2 aliphatic heterocycles. The van der Waals surface area contributed by atoms with Crippen LogP contribution in [0.4, 0.5) is 0 Å². The Morgan fingerprint density at radius 3 is 2.74 bits per heavy atom. The van der Waals surface area contributed by atoms with E-state index in [9.17, 15) is 5.11 Å². The van der Waals surface area contributed by atoms with Gasteiger partial charge in [0.1, 0.15) is 5.75 Å². The fourth-order valence-electron chi connectivity index (χ4n) is 3.72. The summed E-state index contributed by atoms with van der Waals surface area (Å²) in [6.45, 7) is 4.16. The fraction of sp³-hybridized carbons (Fsp3) is 0.625. The van der Waals surface area contributed by atoms with Crippen molar-refractivity contribution in [3.63, 3.8) is 0 Å². The van der Waals surface area contributed by atoms with Crippen LogP contribution in [-0.4, -0.2) is 41.8 Å². The lowest BCUT2D eigenvalue weighted by Gasteiger charge is -2.45. The van der Waals surface area contributed by atoms with Gasteiger partial charge in [-0.15, -0.1) is 0 Å². The first kappa shape index (κ1) is 12.9. The summed E-state index contributed by atoms with van der Waals surface area (Å²) < 4.78 is 5.20. The second-order valence-electron chi connectivity index (χ2n) is 6.18. The molecule has 3 rings (SSSR count). The third-order valence-electron chi connectivity index (χ3n) is 4.83. The Morgan fingerprint density at radius 1 is 1.32 bits per heavy atom. The maximum atomic E-state index is 10.8. The molecule has 104 valence electrons. The number of aliphatic hydroxyl groups is 1. The van der Waals surface area contributed by atoms with Crippen LogP contribution in [-0.2, 0) is 0 Å². The molecule has 2 aliphatic rings. The third kappa shape index (κ3) is 2.37. The summed E-state index contributed by atoms with van der Waals surface area (Å²) >= 11 is 0. The first-order valence-electron chi connectivity index (χ1n) is 7.20. The van der Waals surface area contributed by atoms with Crippen LogP contribution in [0.15, 0.2) is 24.3 Å². The van der Waals surface area contributed by atoms with E-state index in [0.717, 1.165) is 18.7 Å². The van der Waals surface area contributed by atoms with Crippen LogP contribution in [0.3, 0.4) is 0 Å². The zero-order chi connectivity index (χ0) is 13.5. The zero-order valence-electron chi connectivity index (χ0n) is 11.8. The lowest BCUT2D eigenvalue weighted by Crippen LogP contribution is -2.51. The molecule has 3 atom stereocenters. The summed E-state index contributed by atoms with van der Waals surface area (Å²) in [5.41, 5.74) is 0.622. The van der Waals surface area contributed by atoms with E-state index in [2.05, 4.69) is 17.0 Å². The Labute approximate surface area is 115 Å². The Balaban J connectivity index is 1.84. The molecular weight excluding hydrogens is 238 g/mol. The lowest BCUT2D eigenvalue weighted by molar-refractivity contribution is -0.0414. The second-order valence-corrected chi connectivity index (χ2v) is 6.18. The molecule has 2 heterocycles. The van der Waals surface area contributed by atoms with E-state index >= 15 is 0 Å². The quantitative estimate of drug-likeness (QED) is 0.887. The minimum Gasteiger partial charge on any atom is -0.497 e. The maximum Gasteiger partial charge on any atom is 0.118 e. The largest absolute Gasteiger partial charge is 0.497 e. The highest BCUT2D eigenvalue weighted by Crippen LogP contribution is 2.41. The number of nitrogens with zero attached hydrogens (tertiary/aromatic N) is 1. The molecule has 0 amide bonds. The van der Waals surface area contributed by atoms with E-state index in [1.165, 1.54) is 24.9 Å². The van der Waals surface area contributed by atoms with Crippen LogP contribution in [0, 0.1) is 0 Å². The normalized spacial score (nSPS) is 35.1. The van der Waals surface area contributed by atoms with Crippen LogP contribution in [0.2, 0.25) is 0 Å². The van der Waals surface area contributed by atoms with Gasteiger partial charge >= 0.3 is 0 Å². The third-order valence-corrected chi connectivity index (χ3v) is 4.83. The molecule has 0 aliphatic carbocycles. The monoisotopic (exact) mass is 261 g/mol. The first-order valence-corrected chi connectivity index (χ1v) is 7.20. The first-order chi connectivity index (χ1) is 9.10. The summed E-state index contributed by atoms with van der Waals surface area (Å²) in [6.07, 6.45) is 3.41. The molecule has 0 aromatic heterocycles. The summed E-state index contributed by atoms with van der Waals surface area (Å²) in [6, 6.07) is 8.75. The number of hydrogen-bond acceptors (Lipinski definition) is 3. The molecular formula is C16H23NO2. The minimum absolute atomic E-state index is 0.202. The highest BCUT2D eigenvalue weighted by atomic mass is 16.5. The molecule has 0 saturated carbocycles. The van der Waals surface area contributed by atoms with Crippen molar-refractivity contribution >= 4 is 0 Å². The van der Waals surface area contributed by atoms with Gasteiger partial charge in [-0.25, -0.2) is 0 Å². The second kappa shape index (κ2) is 4.80. The van der Waals surface area contributed by atoms with E-state index in [0.29, 0.717) is 6.04 Å². The van der Waals surface area contributed by atoms with Crippen molar-refractivity contribution in [1.82, 2.24) is 4.90 Å². The van der Waals surface area contributed by atoms with E-state index in [-0.39, 0.29) is 5.92 Å². The molecule has 3 nitrogen and oxygen atoms in total.